The average Bonchev–Trinajstić information content (AvgIpc) is 2.77. The van der Waals surface area contributed by atoms with Gasteiger partial charge >= 0.3 is 0 Å². The first-order chi connectivity index (χ1) is 8.84. The Labute approximate surface area is 121 Å². The molecule has 0 aliphatic carbocycles. The maximum atomic E-state index is 11.9. The van der Waals surface area contributed by atoms with Gasteiger partial charge in [0.25, 0.3) is 9.05 Å². The molecule has 1 heterocycles. The second-order valence-electron chi connectivity index (χ2n) is 3.85. The van der Waals surface area contributed by atoms with E-state index < -0.39 is 9.05 Å². The largest absolute Gasteiger partial charge is 0.380 e. The second kappa shape index (κ2) is 7.23. The highest BCUT2D eigenvalue weighted by molar-refractivity contribution is 8.15. The minimum atomic E-state index is -3.71. The van der Waals surface area contributed by atoms with E-state index in [1.165, 1.54) is 6.07 Å². The number of amides is 1. The van der Waals surface area contributed by atoms with E-state index in [2.05, 4.69) is 0 Å². The van der Waals surface area contributed by atoms with Gasteiger partial charge in [0.15, 0.2) is 0 Å². The van der Waals surface area contributed by atoms with Gasteiger partial charge in [0, 0.05) is 35.8 Å². The van der Waals surface area contributed by atoms with Crippen molar-refractivity contribution in [2.24, 2.45) is 0 Å². The molecule has 0 aliphatic heterocycles. The Kier molecular flexibility index (Phi) is 6.25. The lowest BCUT2D eigenvalue weighted by atomic mass is 10.3. The highest BCUT2D eigenvalue weighted by atomic mass is 35.7. The summed E-state index contributed by atoms with van der Waals surface area (Å²) in [6.07, 6.45) is 0.166. The number of ether oxygens (including phenoxy) is 1. The quantitative estimate of drug-likeness (QED) is 0.565. The molecule has 1 aromatic heterocycles. The number of carbonyl (C=O) groups excluding carboxylic acids is 1. The van der Waals surface area contributed by atoms with Crippen LogP contribution in [0.2, 0.25) is 0 Å². The topological polar surface area (TPSA) is 63.7 Å². The highest BCUT2D eigenvalue weighted by Crippen LogP contribution is 2.25. The zero-order chi connectivity index (χ0) is 14.5. The number of nitrogens with zero attached hydrogens (tertiary/aromatic N) is 1. The van der Waals surface area contributed by atoms with Crippen molar-refractivity contribution in [3.8, 4) is 0 Å². The van der Waals surface area contributed by atoms with Crippen LogP contribution in [0.4, 0.5) is 0 Å². The van der Waals surface area contributed by atoms with Crippen LogP contribution < -0.4 is 0 Å². The van der Waals surface area contributed by atoms with Crippen molar-refractivity contribution < 1.29 is 17.9 Å². The molecule has 1 amide bonds. The van der Waals surface area contributed by atoms with Crippen LogP contribution in [0.1, 0.15) is 11.8 Å². The van der Waals surface area contributed by atoms with Gasteiger partial charge in [0.1, 0.15) is 4.21 Å². The molecule has 19 heavy (non-hydrogen) atoms. The molecule has 0 radical (unpaired) electrons. The summed E-state index contributed by atoms with van der Waals surface area (Å²) in [5.74, 6) is -0.0833. The minimum absolute atomic E-state index is 0.0638. The lowest BCUT2D eigenvalue weighted by Crippen LogP contribution is -2.31. The first-order valence-electron chi connectivity index (χ1n) is 5.69. The monoisotopic (exact) mass is 325 g/mol. The SMILES string of the molecule is CCOCCN(C)C(=O)Cc1ccc(S(=O)(=O)Cl)s1. The lowest BCUT2D eigenvalue weighted by Gasteiger charge is -2.16. The zero-order valence-corrected chi connectivity index (χ0v) is 13.1. The van der Waals surface area contributed by atoms with E-state index in [0.29, 0.717) is 24.6 Å². The standard InChI is InChI=1S/C11H16ClNO4S2/c1-3-17-7-6-13(2)10(14)8-9-4-5-11(18-9)19(12,15)16/h4-5H,3,6-8H2,1-2H3. The number of thiophene rings is 1. The molecule has 0 aliphatic rings. The van der Waals surface area contributed by atoms with Crippen molar-refractivity contribution in [3.05, 3.63) is 17.0 Å². The fraction of sp³-hybridized carbons (Fsp3) is 0.545. The van der Waals surface area contributed by atoms with E-state index in [1.54, 1.807) is 18.0 Å². The molecule has 0 unspecified atom stereocenters. The molecular formula is C11H16ClNO4S2. The molecule has 0 atom stereocenters. The molecule has 0 aromatic carbocycles. The molecule has 0 saturated heterocycles. The Bertz CT molecular complexity index is 527. The molecule has 5 nitrogen and oxygen atoms in total. The number of hydrogen-bond donors (Lipinski definition) is 0. The fourth-order valence-electron chi connectivity index (χ4n) is 1.34. The van der Waals surface area contributed by atoms with E-state index in [9.17, 15) is 13.2 Å². The van der Waals surface area contributed by atoms with Crippen molar-refractivity contribution >= 4 is 37.0 Å². The smallest absolute Gasteiger partial charge is 0.270 e. The van der Waals surface area contributed by atoms with Gasteiger partial charge in [0.2, 0.25) is 5.91 Å². The summed E-state index contributed by atoms with van der Waals surface area (Å²) in [7, 11) is 3.21. The summed E-state index contributed by atoms with van der Waals surface area (Å²) in [5.41, 5.74) is 0. The summed E-state index contributed by atoms with van der Waals surface area (Å²) in [4.78, 5) is 14.1. The Balaban J connectivity index is 2.55. The van der Waals surface area contributed by atoms with Crippen LogP contribution in [-0.2, 0) is 25.0 Å². The Morgan fingerprint density at radius 1 is 1.47 bits per heavy atom. The number of rotatable bonds is 7. The first-order valence-corrected chi connectivity index (χ1v) is 8.82. The molecule has 0 bridgehead atoms. The summed E-state index contributed by atoms with van der Waals surface area (Å²) in [6.45, 7) is 3.51. The summed E-state index contributed by atoms with van der Waals surface area (Å²) in [5, 5.41) is 0. The van der Waals surface area contributed by atoms with Gasteiger partial charge in [-0.2, -0.15) is 0 Å². The third kappa shape index (κ3) is 5.48. The molecule has 1 rings (SSSR count). The van der Waals surface area contributed by atoms with Crippen molar-refractivity contribution in [1.29, 1.82) is 0 Å². The maximum Gasteiger partial charge on any atom is 0.270 e. The van der Waals surface area contributed by atoms with Crippen LogP contribution in [0, 0.1) is 0 Å². The van der Waals surface area contributed by atoms with Gasteiger partial charge < -0.3 is 9.64 Å². The summed E-state index contributed by atoms with van der Waals surface area (Å²) < 4.78 is 27.4. The normalized spacial score (nSPS) is 11.5. The van der Waals surface area contributed by atoms with E-state index in [4.69, 9.17) is 15.4 Å². The summed E-state index contributed by atoms with van der Waals surface area (Å²) >= 11 is 1.02. The predicted molar refractivity (Wildman–Crippen MR) is 75.2 cm³/mol. The van der Waals surface area contributed by atoms with Crippen LogP contribution in [0.25, 0.3) is 0 Å². The molecule has 0 fully saturated rings. The van der Waals surface area contributed by atoms with Crippen LogP contribution in [0.3, 0.4) is 0 Å². The molecule has 0 N–H and O–H groups in total. The zero-order valence-electron chi connectivity index (χ0n) is 10.8. The van der Waals surface area contributed by atoms with Crippen LogP contribution in [-0.4, -0.2) is 46.0 Å². The van der Waals surface area contributed by atoms with Crippen molar-refractivity contribution in [1.82, 2.24) is 4.90 Å². The van der Waals surface area contributed by atoms with Crippen molar-refractivity contribution in [3.63, 3.8) is 0 Å². The number of hydrogen-bond acceptors (Lipinski definition) is 5. The third-order valence-electron chi connectivity index (χ3n) is 2.40. The number of carbonyl (C=O) groups is 1. The fourth-order valence-corrected chi connectivity index (χ4v) is 3.45. The Morgan fingerprint density at radius 3 is 2.68 bits per heavy atom. The molecule has 0 spiro atoms. The van der Waals surface area contributed by atoms with E-state index >= 15 is 0 Å². The van der Waals surface area contributed by atoms with Gasteiger partial charge in [0.05, 0.1) is 13.0 Å². The Hall–Kier alpha value is -0.630. The molecule has 108 valence electrons. The van der Waals surface area contributed by atoms with Gasteiger partial charge in [-0.1, -0.05) is 0 Å². The van der Waals surface area contributed by atoms with E-state index in [1.807, 2.05) is 6.92 Å². The third-order valence-corrected chi connectivity index (χ3v) is 5.58. The van der Waals surface area contributed by atoms with Crippen LogP contribution >= 0.6 is 22.0 Å². The van der Waals surface area contributed by atoms with Crippen molar-refractivity contribution in [2.45, 2.75) is 17.6 Å². The predicted octanol–water partition coefficient (Wildman–Crippen LogP) is 1.71. The number of halogens is 1. The first kappa shape index (κ1) is 16.4. The van der Waals surface area contributed by atoms with Gasteiger partial charge in [-0.25, -0.2) is 8.42 Å². The minimum Gasteiger partial charge on any atom is -0.380 e. The van der Waals surface area contributed by atoms with Gasteiger partial charge in [-0.05, 0) is 19.1 Å². The van der Waals surface area contributed by atoms with Crippen LogP contribution in [0.5, 0.6) is 0 Å². The van der Waals surface area contributed by atoms with Crippen LogP contribution in [0.15, 0.2) is 16.3 Å². The maximum absolute atomic E-state index is 11.9. The average molecular weight is 326 g/mol. The highest BCUT2D eigenvalue weighted by Gasteiger charge is 2.16. The van der Waals surface area contributed by atoms with Gasteiger partial charge in [-0.3, -0.25) is 4.79 Å². The Morgan fingerprint density at radius 2 is 2.16 bits per heavy atom. The molecular weight excluding hydrogens is 310 g/mol. The lowest BCUT2D eigenvalue weighted by molar-refractivity contribution is -0.129. The van der Waals surface area contributed by atoms with E-state index in [0.717, 1.165) is 11.3 Å². The second-order valence-corrected chi connectivity index (χ2v) is 7.81. The van der Waals surface area contributed by atoms with E-state index in [-0.39, 0.29) is 16.5 Å². The summed E-state index contributed by atoms with van der Waals surface area (Å²) in [6, 6.07) is 3.02. The number of likely N-dealkylation sites (N-methyl/N-ethyl adjacent to an activating group) is 1. The molecule has 1 aromatic rings. The molecule has 0 saturated carbocycles. The molecule has 8 heteroatoms. The van der Waals surface area contributed by atoms with Crippen molar-refractivity contribution in [2.75, 3.05) is 26.8 Å². The van der Waals surface area contributed by atoms with Gasteiger partial charge in [-0.15, -0.1) is 11.3 Å².